The van der Waals surface area contributed by atoms with Crippen molar-refractivity contribution in [3.63, 3.8) is 0 Å². The number of rotatable bonds is 6. The number of oxazole rings is 1. The van der Waals surface area contributed by atoms with Crippen LogP contribution >= 0.6 is 0 Å². The molecule has 0 unspecified atom stereocenters. The Labute approximate surface area is 299 Å². The monoisotopic (exact) mass is 667 g/mol. The van der Waals surface area contributed by atoms with Crippen molar-refractivity contribution in [2.75, 3.05) is 0 Å². The van der Waals surface area contributed by atoms with Crippen molar-refractivity contribution in [2.45, 2.75) is 0 Å². The van der Waals surface area contributed by atoms with Crippen LogP contribution in [0, 0.1) is 0 Å². The van der Waals surface area contributed by atoms with Gasteiger partial charge in [-0.05, 0) is 76.9 Å². The van der Waals surface area contributed by atoms with Crippen molar-refractivity contribution in [3.05, 3.63) is 176 Å². The standard InChI is InChI=1S/C47H29N3O2/c1-2-8-30(9-3-1)31-14-16-32(17-15-31)33-18-22-35(23-19-33)46-48-41(34-20-24-36(25-21-34)47-50-40-11-5-7-13-45(40)52-47)29-42(49-46)37-26-27-44-39(28-37)38-10-4-6-12-43(38)51-44/h1-29H. The molecule has 0 amide bonds. The fourth-order valence-electron chi connectivity index (χ4n) is 6.83. The van der Waals surface area contributed by atoms with E-state index in [9.17, 15) is 0 Å². The molecule has 0 aliphatic carbocycles. The summed E-state index contributed by atoms with van der Waals surface area (Å²) in [7, 11) is 0. The minimum atomic E-state index is 0.590. The lowest BCUT2D eigenvalue weighted by atomic mass is 9.99. The molecule has 0 bridgehead atoms. The third-order valence-electron chi connectivity index (χ3n) is 9.59. The molecule has 10 rings (SSSR count). The Morgan fingerprint density at radius 3 is 1.54 bits per heavy atom. The van der Waals surface area contributed by atoms with Gasteiger partial charge in [0.05, 0.1) is 11.4 Å². The summed E-state index contributed by atoms with van der Waals surface area (Å²) in [6.45, 7) is 0. The lowest BCUT2D eigenvalue weighted by Gasteiger charge is -2.11. The highest BCUT2D eigenvalue weighted by Crippen LogP contribution is 2.35. The average molecular weight is 668 g/mol. The van der Waals surface area contributed by atoms with Gasteiger partial charge in [-0.1, -0.05) is 121 Å². The van der Waals surface area contributed by atoms with E-state index in [4.69, 9.17) is 18.8 Å². The molecule has 52 heavy (non-hydrogen) atoms. The SMILES string of the molecule is c1ccc(-c2ccc(-c3ccc(-c4nc(-c5ccc(-c6nc7ccccc7o6)cc5)cc(-c5ccc6oc7ccccc7c6c5)n4)cc3)cc2)cc1. The maximum Gasteiger partial charge on any atom is 0.227 e. The molecule has 3 heterocycles. The number of benzene rings is 7. The van der Waals surface area contributed by atoms with Gasteiger partial charge in [-0.2, -0.15) is 0 Å². The molecule has 5 heteroatoms. The summed E-state index contributed by atoms with van der Waals surface area (Å²) < 4.78 is 12.2. The van der Waals surface area contributed by atoms with Crippen LogP contribution in [0.2, 0.25) is 0 Å². The van der Waals surface area contributed by atoms with E-state index >= 15 is 0 Å². The van der Waals surface area contributed by atoms with Crippen LogP contribution in [0.25, 0.3) is 101 Å². The Balaban J connectivity index is 1.04. The second-order valence-electron chi connectivity index (χ2n) is 12.9. The molecule has 0 saturated heterocycles. The molecule has 7 aromatic carbocycles. The lowest BCUT2D eigenvalue weighted by Crippen LogP contribution is -1.96. The van der Waals surface area contributed by atoms with Gasteiger partial charge in [0.15, 0.2) is 11.4 Å². The van der Waals surface area contributed by atoms with Crippen LogP contribution in [0.1, 0.15) is 0 Å². The minimum absolute atomic E-state index is 0.590. The van der Waals surface area contributed by atoms with E-state index in [1.54, 1.807) is 0 Å². The normalized spacial score (nSPS) is 11.5. The quantitative estimate of drug-likeness (QED) is 0.177. The predicted molar refractivity (Wildman–Crippen MR) is 209 cm³/mol. The molecule has 0 fully saturated rings. The number of furan rings is 1. The van der Waals surface area contributed by atoms with Crippen LogP contribution < -0.4 is 0 Å². The molecule has 0 aliphatic rings. The van der Waals surface area contributed by atoms with Crippen molar-refractivity contribution in [1.29, 1.82) is 0 Å². The number of fused-ring (bicyclic) bond motifs is 4. The Morgan fingerprint density at radius 2 is 0.827 bits per heavy atom. The molecule has 244 valence electrons. The zero-order valence-corrected chi connectivity index (χ0v) is 27.9. The predicted octanol–water partition coefficient (Wildman–Crippen LogP) is 12.5. The van der Waals surface area contributed by atoms with Gasteiger partial charge in [-0.15, -0.1) is 0 Å². The average Bonchev–Trinajstić information content (AvgIpc) is 3.83. The zero-order chi connectivity index (χ0) is 34.4. The van der Waals surface area contributed by atoms with Gasteiger partial charge in [-0.3, -0.25) is 0 Å². The Hall–Kier alpha value is -7.11. The highest BCUT2D eigenvalue weighted by Gasteiger charge is 2.15. The first-order valence-electron chi connectivity index (χ1n) is 17.3. The Bertz CT molecular complexity index is 2840. The van der Waals surface area contributed by atoms with Gasteiger partial charge in [0.2, 0.25) is 5.89 Å². The molecule has 0 aliphatic heterocycles. The van der Waals surface area contributed by atoms with Crippen LogP contribution in [0.15, 0.2) is 185 Å². The summed E-state index contributed by atoms with van der Waals surface area (Å²) >= 11 is 0. The smallest absolute Gasteiger partial charge is 0.227 e. The Kier molecular flexibility index (Phi) is 7.07. The molecule has 0 radical (unpaired) electrons. The molecule has 5 nitrogen and oxygen atoms in total. The van der Waals surface area contributed by atoms with E-state index in [0.29, 0.717) is 11.7 Å². The maximum atomic E-state index is 6.13. The van der Waals surface area contributed by atoms with Gasteiger partial charge in [-0.25, -0.2) is 15.0 Å². The summed E-state index contributed by atoms with van der Waals surface area (Å²) in [6, 6.07) is 60.1. The van der Waals surface area contributed by atoms with Crippen molar-refractivity contribution in [3.8, 4) is 67.6 Å². The van der Waals surface area contributed by atoms with Crippen LogP contribution in [-0.4, -0.2) is 15.0 Å². The second kappa shape index (κ2) is 12.3. The van der Waals surface area contributed by atoms with Gasteiger partial charge in [0, 0.05) is 33.0 Å². The number of para-hydroxylation sites is 3. The van der Waals surface area contributed by atoms with Crippen molar-refractivity contribution in [1.82, 2.24) is 15.0 Å². The molecule has 10 aromatic rings. The Morgan fingerprint density at radius 1 is 0.308 bits per heavy atom. The first-order valence-corrected chi connectivity index (χ1v) is 17.3. The fourth-order valence-corrected chi connectivity index (χ4v) is 6.83. The van der Waals surface area contributed by atoms with Crippen LogP contribution in [-0.2, 0) is 0 Å². The third-order valence-corrected chi connectivity index (χ3v) is 9.59. The maximum absolute atomic E-state index is 6.13. The topological polar surface area (TPSA) is 65.0 Å². The first kappa shape index (κ1) is 29.8. The summed E-state index contributed by atoms with van der Waals surface area (Å²) in [6.07, 6.45) is 0. The van der Waals surface area contributed by atoms with E-state index in [1.807, 2.05) is 66.7 Å². The van der Waals surface area contributed by atoms with E-state index in [-0.39, 0.29) is 0 Å². The molecule has 0 spiro atoms. The molecule has 0 N–H and O–H groups in total. The van der Waals surface area contributed by atoms with Gasteiger partial charge >= 0.3 is 0 Å². The summed E-state index contributed by atoms with van der Waals surface area (Å²) in [5.74, 6) is 1.24. The number of hydrogen-bond donors (Lipinski definition) is 0. The number of aromatic nitrogens is 3. The van der Waals surface area contributed by atoms with Gasteiger partial charge in [0.1, 0.15) is 16.7 Å². The number of nitrogens with zero attached hydrogens (tertiary/aromatic N) is 3. The van der Waals surface area contributed by atoms with Crippen LogP contribution in [0.4, 0.5) is 0 Å². The highest BCUT2D eigenvalue weighted by atomic mass is 16.3. The fraction of sp³-hybridized carbons (Fsp3) is 0. The first-order chi connectivity index (χ1) is 25.7. The number of hydrogen-bond acceptors (Lipinski definition) is 5. The van der Waals surface area contributed by atoms with Crippen molar-refractivity contribution in [2.24, 2.45) is 0 Å². The summed E-state index contributed by atoms with van der Waals surface area (Å²) in [5.41, 5.74) is 13.5. The second-order valence-corrected chi connectivity index (χ2v) is 12.9. The summed E-state index contributed by atoms with van der Waals surface area (Å²) in [4.78, 5) is 14.9. The van der Waals surface area contributed by atoms with Gasteiger partial charge < -0.3 is 8.83 Å². The van der Waals surface area contributed by atoms with Crippen molar-refractivity contribution < 1.29 is 8.83 Å². The minimum Gasteiger partial charge on any atom is -0.456 e. The molecular formula is C47H29N3O2. The van der Waals surface area contributed by atoms with E-state index in [2.05, 4.69) is 114 Å². The van der Waals surface area contributed by atoms with E-state index < -0.39 is 0 Å². The van der Waals surface area contributed by atoms with E-state index in [1.165, 1.54) is 11.1 Å². The van der Waals surface area contributed by atoms with Crippen molar-refractivity contribution >= 4 is 33.0 Å². The largest absolute Gasteiger partial charge is 0.456 e. The lowest BCUT2D eigenvalue weighted by molar-refractivity contribution is 0.620. The highest BCUT2D eigenvalue weighted by molar-refractivity contribution is 6.06. The molecule has 0 saturated carbocycles. The van der Waals surface area contributed by atoms with Gasteiger partial charge in [0.25, 0.3) is 0 Å². The summed E-state index contributed by atoms with van der Waals surface area (Å²) in [5, 5.41) is 2.14. The molecule has 0 atom stereocenters. The van der Waals surface area contributed by atoms with Crippen LogP contribution in [0.3, 0.4) is 0 Å². The molecule has 3 aromatic heterocycles. The van der Waals surface area contributed by atoms with Crippen LogP contribution in [0.5, 0.6) is 0 Å². The molecular weight excluding hydrogens is 639 g/mol. The zero-order valence-electron chi connectivity index (χ0n) is 27.9. The van der Waals surface area contributed by atoms with E-state index in [0.717, 1.165) is 77.8 Å². The third kappa shape index (κ3) is 5.42.